The number of carbonyl (C=O) groups excluding carboxylic acids is 2. The molecule has 0 aliphatic heterocycles. The van der Waals surface area contributed by atoms with Crippen LogP contribution in [0.15, 0.2) is 46.4 Å². The lowest BCUT2D eigenvalue weighted by Crippen LogP contribution is -2.42. The number of alkyl halides is 3. The van der Waals surface area contributed by atoms with Crippen molar-refractivity contribution in [2.45, 2.75) is 44.9 Å². The van der Waals surface area contributed by atoms with Crippen LogP contribution in [0.1, 0.15) is 31.0 Å². The first-order chi connectivity index (χ1) is 18.3. The zero-order valence-electron chi connectivity index (χ0n) is 21.0. The summed E-state index contributed by atoms with van der Waals surface area (Å²) >= 11 is 0. The maximum atomic E-state index is 13.5. The van der Waals surface area contributed by atoms with Gasteiger partial charge in [-0.1, -0.05) is 6.07 Å². The van der Waals surface area contributed by atoms with Gasteiger partial charge >= 0.3 is 11.9 Å². The molecule has 1 saturated carbocycles. The van der Waals surface area contributed by atoms with Gasteiger partial charge in [0.05, 0.1) is 24.1 Å². The number of nitrogens with zero attached hydrogens (tertiary/aromatic N) is 6. The quantitative estimate of drug-likeness (QED) is 0.396. The molecule has 0 bridgehead atoms. The van der Waals surface area contributed by atoms with Crippen LogP contribution in [0, 0.1) is 6.92 Å². The molecular weight excluding hydrogens is 519 g/mol. The molecular formula is C25H22F3N7O4. The van der Waals surface area contributed by atoms with Crippen LogP contribution < -0.4 is 16.6 Å². The second kappa shape index (κ2) is 8.99. The number of Topliss-reactive ketones (excluding diaryl/α,β-unsaturated/α-hetero) is 1. The number of ketones is 1. The number of carbonyl (C=O) groups is 2. The molecule has 0 radical (unpaired) electrons. The number of halogens is 3. The summed E-state index contributed by atoms with van der Waals surface area (Å²) in [7, 11) is 1.41. The third-order valence-corrected chi connectivity index (χ3v) is 6.70. The number of amides is 1. The van der Waals surface area contributed by atoms with Gasteiger partial charge in [0.1, 0.15) is 17.1 Å². The van der Waals surface area contributed by atoms with Crippen molar-refractivity contribution in [3.05, 3.63) is 68.9 Å². The monoisotopic (exact) mass is 541 g/mol. The fraction of sp³-hybridized carbons (Fsp3) is 0.320. The number of anilines is 1. The fourth-order valence-corrected chi connectivity index (χ4v) is 4.51. The van der Waals surface area contributed by atoms with Crippen LogP contribution >= 0.6 is 0 Å². The van der Waals surface area contributed by atoms with Gasteiger partial charge in [0.2, 0.25) is 0 Å². The Hall–Kier alpha value is -4.62. The number of imidazole rings is 1. The topological polar surface area (TPSA) is 134 Å². The maximum absolute atomic E-state index is 13.5. The van der Waals surface area contributed by atoms with Crippen molar-refractivity contribution < 1.29 is 22.8 Å². The van der Waals surface area contributed by atoms with Gasteiger partial charge in [-0.25, -0.2) is 14.8 Å². The smallest absolute Gasteiger partial charge is 0.309 e. The van der Waals surface area contributed by atoms with Crippen LogP contribution in [0.2, 0.25) is 0 Å². The molecule has 1 fully saturated rings. The van der Waals surface area contributed by atoms with E-state index in [1.54, 1.807) is 0 Å². The summed E-state index contributed by atoms with van der Waals surface area (Å²) < 4.78 is 43.4. The molecule has 11 nitrogen and oxygen atoms in total. The van der Waals surface area contributed by atoms with Gasteiger partial charge in [-0.3, -0.25) is 28.5 Å². The number of rotatable bonds is 6. The summed E-state index contributed by atoms with van der Waals surface area (Å²) in [5.41, 5.74) is -3.34. The summed E-state index contributed by atoms with van der Waals surface area (Å²) in [6.45, 7) is 2.09. The Balaban J connectivity index is 1.50. The number of hydrogen-bond acceptors (Lipinski definition) is 7. The number of aryl methyl sites for hydroxylation is 2. The van der Waals surface area contributed by atoms with Gasteiger partial charge in [-0.05, 0) is 44.9 Å². The minimum atomic E-state index is -4.59. The molecule has 39 heavy (non-hydrogen) atoms. The molecule has 1 aliphatic rings. The minimum Gasteiger partial charge on any atom is -0.309 e. The number of aromatic nitrogens is 6. The van der Waals surface area contributed by atoms with E-state index in [9.17, 15) is 32.3 Å². The highest BCUT2D eigenvalue weighted by atomic mass is 19.4. The third-order valence-electron chi connectivity index (χ3n) is 6.70. The molecule has 14 heteroatoms. The van der Waals surface area contributed by atoms with Gasteiger partial charge in [0, 0.05) is 24.5 Å². The zero-order chi connectivity index (χ0) is 28.3. The van der Waals surface area contributed by atoms with Crippen molar-refractivity contribution >= 4 is 28.7 Å². The first-order valence-electron chi connectivity index (χ1n) is 11.8. The van der Waals surface area contributed by atoms with E-state index in [1.165, 1.54) is 56.2 Å². The van der Waals surface area contributed by atoms with Crippen LogP contribution in [0.25, 0.3) is 22.4 Å². The molecule has 202 valence electrons. The van der Waals surface area contributed by atoms with Gasteiger partial charge in [-0.2, -0.15) is 13.2 Å². The van der Waals surface area contributed by atoms with E-state index in [0.717, 1.165) is 15.2 Å². The van der Waals surface area contributed by atoms with Crippen LogP contribution in [0.4, 0.5) is 19.0 Å². The Morgan fingerprint density at radius 3 is 2.51 bits per heavy atom. The molecule has 4 aromatic rings. The molecule has 5 rings (SSSR count). The summed E-state index contributed by atoms with van der Waals surface area (Å²) in [4.78, 5) is 63.2. The van der Waals surface area contributed by atoms with Crippen molar-refractivity contribution in [1.29, 1.82) is 0 Å². The molecule has 0 saturated heterocycles. The second-order valence-electron chi connectivity index (χ2n) is 9.47. The standard InChI is InChI=1S/C25H22F3N7O4/c1-13(36)11-34-21(37)19-20(33(3)23(34)39)30-12-35(19)24(7-8-24)22(38)32-18-6-4-5-17(31-18)15-9-16(25(26,27)28)14(2)29-10-15/h4-6,9-10,12H,7-8,11H2,1-3H3,(H,31,32,38). The highest BCUT2D eigenvalue weighted by molar-refractivity contribution is 5.99. The first kappa shape index (κ1) is 26.0. The van der Waals surface area contributed by atoms with Crippen LogP contribution in [0.3, 0.4) is 0 Å². The highest BCUT2D eigenvalue weighted by Crippen LogP contribution is 2.45. The Bertz CT molecular complexity index is 1780. The van der Waals surface area contributed by atoms with Crippen LogP contribution in [-0.2, 0) is 34.9 Å². The number of hydrogen-bond donors (Lipinski definition) is 1. The van der Waals surface area contributed by atoms with Crippen LogP contribution in [-0.4, -0.2) is 40.3 Å². The molecule has 0 unspecified atom stereocenters. The van der Waals surface area contributed by atoms with Crippen molar-refractivity contribution in [2.75, 3.05) is 5.32 Å². The first-order valence-corrected chi connectivity index (χ1v) is 11.8. The average Bonchev–Trinajstić information content (AvgIpc) is 3.56. The third kappa shape index (κ3) is 4.41. The lowest BCUT2D eigenvalue weighted by Gasteiger charge is -2.18. The van der Waals surface area contributed by atoms with E-state index in [-0.39, 0.29) is 33.9 Å². The number of nitrogens with one attached hydrogen (secondary N) is 1. The molecule has 1 aliphatic carbocycles. The van der Waals surface area contributed by atoms with E-state index in [1.807, 2.05) is 0 Å². The molecule has 0 spiro atoms. The SMILES string of the molecule is CC(=O)Cn1c(=O)c2c(ncn2C2(C(=O)Nc3cccc(-c4cnc(C)c(C(F)(F)F)c4)n3)CC2)n(C)c1=O. The normalized spacial score (nSPS) is 14.4. The van der Waals surface area contributed by atoms with E-state index < -0.39 is 46.8 Å². The average molecular weight is 541 g/mol. The Kier molecular flexibility index (Phi) is 6.00. The van der Waals surface area contributed by atoms with Gasteiger partial charge in [0.15, 0.2) is 11.2 Å². The van der Waals surface area contributed by atoms with Gasteiger partial charge < -0.3 is 9.88 Å². The zero-order valence-corrected chi connectivity index (χ0v) is 21.0. The summed E-state index contributed by atoms with van der Waals surface area (Å²) in [6, 6.07) is 5.47. The fourth-order valence-electron chi connectivity index (χ4n) is 4.51. The number of fused-ring (bicyclic) bond motifs is 1. The minimum absolute atomic E-state index is 0.00174. The molecule has 1 amide bonds. The Morgan fingerprint density at radius 1 is 1.15 bits per heavy atom. The van der Waals surface area contributed by atoms with E-state index in [4.69, 9.17) is 0 Å². The molecule has 0 aromatic carbocycles. The van der Waals surface area contributed by atoms with Gasteiger partial charge in [-0.15, -0.1) is 0 Å². The lowest BCUT2D eigenvalue weighted by molar-refractivity contribution is -0.138. The van der Waals surface area contributed by atoms with Crippen molar-refractivity contribution in [3.63, 3.8) is 0 Å². The van der Waals surface area contributed by atoms with E-state index in [2.05, 4.69) is 20.3 Å². The second-order valence-corrected chi connectivity index (χ2v) is 9.47. The van der Waals surface area contributed by atoms with E-state index in [0.29, 0.717) is 12.8 Å². The van der Waals surface area contributed by atoms with E-state index >= 15 is 0 Å². The van der Waals surface area contributed by atoms with Crippen molar-refractivity contribution in [1.82, 2.24) is 28.7 Å². The largest absolute Gasteiger partial charge is 0.418 e. The maximum Gasteiger partial charge on any atom is 0.418 e. The molecule has 1 N–H and O–H groups in total. The highest BCUT2D eigenvalue weighted by Gasteiger charge is 2.53. The summed E-state index contributed by atoms with van der Waals surface area (Å²) in [5.74, 6) is -0.824. The summed E-state index contributed by atoms with van der Waals surface area (Å²) in [5, 5.41) is 2.68. The predicted molar refractivity (Wildman–Crippen MR) is 133 cm³/mol. The van der Waals surface area contributed by atoms with Crippen LogP contribution in [0.5, 0.6) is 0 Å². The van der Waals surface area contributed by atoms with Crippen molar-refractivity contribution in [3.8, 4) is 11.3 Å². The van der Waals surface area contributed by atoms with Gasteiger partial charge in [0.25, 0.3) is 11.5 Å². The van der Waals surface area contributed by atoms with Crippen molar-refractivity contribution in [2.24, 2.45) is 7.05 Å². The Labute approximate surface area is 218 Å². The molecule has 0 atom stereocenters. The summed E-state index contributed by atoms with van der Waals surface area (Å²) in [6.07, 6.45) is -1.30. The predicted octanol–water partition coefficient (Wildman–Crippen LogP) is 2.40. The molecule has 4 heterocycles. The Morgan fingerprint density at radius 2 is 1.87 bits per heavy atom. The lowest BCUT2D eigenvalue weighted by atomic mass is 10.1. The molecule has 4 aromatic heterocycles. The number of pyridine rings is 2.